The zero-order chi connectivity index (χ0) is 16.4. The molecular weight excluding hydrogens is 354 g/mol. The highest BCUT2D eigenvalue weighted by Crippen LogP contribution is 2.33. The third kappa shape index (κ3) is 3.66. The zero-order valence-electron chi connectivity index (χ0n) is 13.1. The molecule has 0 spiro atoms. The lowest BCUT2D eigenvalue weighted by atomic mass is 9.81. The van der Waals surface area contributed by atoms with Gasteiger partial charge in [-0.1, -0.05) is 58.4 Å². The first kappa shape index (κ1) is 16.7. The molecule has 4 heteroatoms. The lowest BCUT2D eigenvalue weighted by Crippen LogP contribution is -2.55. The van der Waals surface area contributed by atoms with Gasteiger partial charge in [-0.05, 0) is 30.2 Å². The highest BCUT2D eigenvalue weighted by molar-refractivity contribution is 9.10. The Balaban J connectivity index is 1.77. The summed E-state index contributed by atoms with van der Waals surface area (Å²) < 4.78 is 1.000. The predicted molar refractivity (Wildman–Crippen MR) is 95.2 cm³/mol. The molecule has 23 heavy (non-hydrogen) atoms. The fraction of sp³-hybridized carbons (Fsp3) is 0.368. The number of benzene rings is 2. The van der Waals surface area contributed by atoms with Crippen molar-refractivity contribution in [3.63, 3.8) is 0 Å². The first-order valence-electron chi connectivity index (χ1n) is 7.96. The van der Waals surface area contributed by atoms with E-state index in [1.54, 1.807) is 0 Å². The van der Waals surface area contributed by atoms with Crippen LogP contribution in [0.25, 0.3) is 0 Å². The van der Waals surface area contributed by atoms with E-state index in [4.69, 9.17) is 0 Å². The number of piperidine rings is 1. The SMILES string of the molecule is CC1C(O)C(c2ccc(Br)cc2)C(O)CN1Cc1ccccc1. The Morgan fingerprint density at radius 3 is 2.35 bits per heavy atom. The molecule has 122 valence electrons. The summed E-state index contributed by atoms with van der Waals surface area (Å²) in [5.74, 6) is -0.245. The lowest BCUT2D eigenvalue weighted by molar-refractivity contribution is -0.0656. The Morgan fingerprint density at radius 1 is 1.04 bits per heavy atom. The molecule has 2 aromatic rings. The summed E-state index contributed by atoms with van der Waals surface area (Å²) in [5, 5.41) is 21.4. The van der Waals surface area contributed by atoms with Gasteiger partial charge in [0.25, 0.3) is 0 Å². The van der Waals surface area contributed by atoms with E-state index in [1.807, 2.05) is 49.4 Å². The van der Waals surface area contributed by atoms with Crippen molar-refractivity contribution in [1.29, 1.82) is 0 Å². The van der Waals surface area contributed by atoms with Gasteiger partial charge in [0.15, 0.2) is 0 Å². The van der Waals surface area contributed by atoms with Gasteiger partial charge in [0, 0.05) is 29.5 Å². The third-order valence-corrected chi connectivity index (χ3v) is 5.29. The number of hydrogen-bond acceptors (Lipinski definition) is 3. The van der Waals surface area contributed by atoms with Crippen LogP contribution >= 0.6 is 15.9 Å². The number of aliphatic hydroxyl groups is 2. The van der Waals surface area contributed by atoms with Gasteiger partial charge in [-0.2, -0.15) is 0 Å². The van der Waals surface area contributed by atoms with Crippen molar-refractivity contribution in [3.05, 3.63) is 70.2 Å². The van der Waals surface area contributed by atoms with Crippen LogP contribution in [0.2, 0.25) is 0 Å². The van der Waals surface area contributed by atoms with Crippen molar-refractivity contribution in [3.8, 4) is 0 Å². The standard InChI is InChI=1S/C19H22BrNO2/c1-13-19(23)18(15-7-9-16(20)10-8-15)17(22)12-21(13)11-14-5-3-2-4-6-14/h2-10,13,17-19,22-23H,11-12H2,1H3. The minimum atomic E-state index is -0.594. The summed E-state index contributed by atoms with van der Waals surface area (Å²) in [4.78, 5) is 2.15. The number of hydrogen-bond donors (Lipinski definition) is 2. The number of β-amino-alcohol motifs (C(OH)–C–C–N with tert-alkyl or cyclic N) is 1. The molecule has 2 aromatic carbocycles. The molecule has 0 aliphatic carbocycles. The molecule has 0 radical (unpaired) electrons. The maximum Gasteiger partial charge on any atom is 0.0786 e. The van der Waals surface area contributed by atoms with Crippen molar-refractivity contribution >= 4 is 15.9 Å². The van der Waals surface area contributed by atoms with Crippen molar-refractivity contribution in [1.82, 2.24) is 4.90 Å². The van der Waals surface area contributed by atoms with Crippen LogP contribution < -0.4 is 0 Å². The zero-order valence-corrected chi connectivity index (χ0v) is 14.7. The number of nitrogens with zero attached hydrogens (tertiary/aromatic N) is 1. The van der Waals surface area contributed by atoms with Crippen LogP contribution in [0, 0.1) is 0 Å². The molecule has 3 rings (SSSR count). The van der Waals surface area contributed by atoms with E-state index in [0.29, 0.717) is 6.54 Å². The van der Waals surface area contributed by atoms with Crippen LogP contribution in [0.1, 0.15) is 24.0 Å². The molecule has 0 bridgehead atoms. The van der Waals surface area contributed by atoms with E-state index in [2.05, 4.69) is 33.0 Å². The van der Waals surface area contributed by atoms with E-state index < -0.39 is 12.2 Å². The molecule has 0 saturated carbocycles. The summed E-state index contributed by atoms with van der Waals surface area (Å²) in [6.45, 7) is 3.34. The smallest absolute Gasteiger partial charge is 0.0786 e. The number of halogens is 1. The molecule has 1 fully saturated rings. The molecule has 1 heterocycles. The molecule has 2 N–H and O–H groups in total. The van der Waals surface area contributed by atoms with Crippen molar-refractivity contribution in [2.24, 2.45) is 0 Å². The Bertz CT molecular complexity index is 632. The van der Waals surface area contributed by atoms with Gasteiger partial charge < -0.3 is 10.2 Å². The lowest BCUT2D eigenvalue weighted by Gasteiger charge is -2.44. The van der Waals surface area contributed by atoms with Crippen LogP contribution in [-0.2, 0) is 6.54 Å². The average Bonchev–Trinajstić information content (AvgIpc) is 2.55. The van der Waals surface area contributed by atoms with Crippen molar-refractivity contribution in [2.75, 3.05) is 6.54 Å². The highest BCUT2D eigenvalue weighted by Gasteiger charge is 2.40. The highest BCUT2D eigenvalue weighted by atomic mass is 79.9. The van der Waals surface area contributed by atoms with Crippen LogP contribution in [-0.4, -0.2) is 39.9 Å². The Labute approximate surface area is 145 Å². The van der Waals surface area contributed by atoms with Gasteiger partial charge in [-0.25, -0.2) is 0 Å². The van der Waals surface area contributed by atoms with E-state index in [9.17, 15) is 10.2 Å². The fourth-order valence-electron chi connectivity index (χ4n) is 3.39. The van der Waals surface area contributed by atoms with Crippen molar-refractivity contribution in [2.45, 2.75) is 37.6 Å². The molecule has 0 amide bonds. The number of rotatable bonds is 3. The molecule has 4 atom stereocenters. The second-order valence-electron chi connectivity index (χ2n) is 6.29. The van der Waals surface area contributed by atoms with Crippen LogP contribution in [0.3, 0.4) is 0 Å². The van der Waals surface area contributed by atoms with Gasteiger partial charge in [0.1, 0.15) is 0 Å². The summed E-state index contributed by atoms with van der Waals surface area (Å²) in [6, 6.07) is 18.0. The summed E-state index contributed by atoms with van der Waals surface area (Å²) in [5.41, 5.74) is 2.18. The molecule has 0 aromatic heterocycles. The molecule has 1 saturated heterocycles. The molecule has 4 unspecified atom stereocenters. The van der Waals surface area contributed by atoms with Crippen LogP contribution in [0.4, 0.5) is 0 Å². The maximum absolute atomic E-state index is 10.8. The van der Waals surface area contributed by atoms with E-state index >= 15 is 0 Å². The second-order valence-corrected chi connectivity index (χ2v) is 7.21. The van der Waals surface area contributed by atoms with Gasteiger partial charge in [0.05, 0.1) is 12.2 Å². The minimum Gasteiger partial charge on any atom is -0.391 e. The summed E-state index contributed by atoms with van der Waals surface area (Å²) in [7, 11) is 0. The topological polar surface area (TPSA) is 43.7 Å². The first-order valence-corrected chi connectivity index (χ1v) is 8.75. The molecule has 1 aliphatic rings. The monoisotopic (exact) mass is 375 g/mol. The predicted octanol–water partition coefficient (Wildman–Crippen LogP) is 3.16. The summed E-state index contributed by atoms with van der Waals surface area (Å²) >= 11 is 3.42. The minimum absolute atomic E-state index is 0.00717. The normalized spacial score (nSPS) is 28.7. The van der Waals surface area contributed by atoms with E-state index in [1.165, 1.54) is 5.56 Å². The number of likely N-dealkylation sites (tertiary alicyclic amines) is 1. The fourth-order valence-corrected chi connectivity index (χ4v) is 3.66. The van der Waals surface area contributed by atoms with Gasteiger partial charge in [-0.15, -0.1) is 0 Å². The van der Waals surface area contributed by atoms with E-state index in [0.717, 1.165) is 16.6 Å². The third-order valence-electron chi connectivity index (χ3n) is 4.76. The van der Waals surface area contributed by atoms with Crippen molar-refractivity contribution < 1.29 is 10.2 Å². The quantitative estimate of drug-likeness (QED) is 0.865. The summed E-state index contributed by atoms with van der Waals surface area (Å²) in [6.07, 6.45) is -1.17. The molecular formula is C19H22BrNO2. The Morgan fingerprint density at radius 2 is 1.70 bits per heavy atom. The van der Waals surface area contributed by atoms with Crippen LogP contribution in [0.15, 0.2) is 59.1 Å². The van der Waals surface area contributed by atoms with Crippen LogP contribution in [0.5, 0.6) is 0 Å². The Hall–Kier alpha value is -1.20. The van der Waals surface area contributed by atoms with E-state index in [-0.39, 0.29) is 12.0 Å². The molecule has 3 nitrogen and oxygen atoms in total. The first-order chi connectivity index (χ1) is 11.1. The molecule has 1 aliphatic heterocycles. The maximum atomic E-state index is 10.8. The Kier molecular flexibility index (Phi) is 5.17. The largest absolute Gasteiger partial charge is 0.391 e. The van der Waals surface area contributed by atoms with Gasteiger partial charge in [-0.3, -0.25) is 4.90 Å². The van der Waals surface area contributed by atoms with Gasteiger partial charge >= 0.3 is 0 Å². The van der Waals surface area contributed by atoms with Gasteiger partial charge in [0.2, 0.25) is 0 Å². The number of aliphatic hydroxyl groups excluding tert-OH is 2. The average molecular weight is 376 g/mol. The second kappa shape index (κ2) is 7.14.